The van der Waals surface area contributed by atoms with E-state index < -0.39 is 0 Å². The number of carbonyl (C=O) groups excluding carboxylic acids is 1. The van der Waals surface area contributed by atoms with Crippen molar-refractivity contribution in [3.8, 4) is 10.4 Å². The second-order valence-electron chi connectivity index (χ2n) is 5.37. The summed E-state index contributed by atoms with van der Waals surface area (Å²) in [5.74, 6) is -0.297. The van der Waals surface area contributed by atoms with E-state index in [0.717, 1.165) is 16.0 Å². The third-order valence-corrected chi connectivity index (χ3v) is 4.81. The molecule has 1 N–H and O–H groups in total. The monoisotopic (exact) mass is 335 g/mol. The summed E-state index contributed by atoms with van der Waals surface area (Å²) in [7, 11) is 0. The quantitative estimate of drug-likeness (QED) is 0.581. The number of fused-ring (bicyclic) bond motifs is 3. The molecule has 2 heterocycles. The third-order valence-electron chi connectivity index (χ3n) is 3.72. The molecule has 118 valence electrons. The van der Waals surface area contributed by atoms with Crippen LogP contribution in [0.25, 0.3) is 27.0 Å². The minimum absolute atomic E-state index is 0.200. The van der Waals surface area contributed by atoms with E-state index in [4.69, 9.17) is 0 Å². The number of hydrogen-bond acceptors (Lipinski definition) is 3. The summed E-state index contributed by atoms with van der Waals surface area (Å²) in [4.78, 5) is 32.6. The van der Waals surface area contributed by atoms with E-state index in [1.807, 2.05) is 54.6 Å². The Morgan fingerprint density at radius 3 is 2.54 bits per heavy atom. The Morgan fingerprint density at radius 1 is 1.08 bits per heavy atom. The number of benzene rings is 2. The number of aromatic amines is 1. The minimum Gasteiger partial charge on any atom is -0.319 e. The van der Waals surface area contributed by atoms with Gasteiger partial charge in [0.05, 0.1) is 15.9 Å². The Morgan fingerprint density at radius 2 is 1.79 bits per heavy atom. The number of nitrogens with zero attached hydrogens (tertiary/aromatic N) is 2. The molecule has 2 aromatic carbocycles. The largest absolute Gasteiger partial charge is 0.319 e. The second kappa shape index (κ2) is 5.58. The highest BCUT2D eigenvalue weighted by molar-refractivity contribution is 7.13. The Labute approximate surface area is 140 Å². The Balaban J connectivity index is 2.27. The highest BCUT2D eigenvalue weighted by Gasteiger charge is 2.15. The number of H-pyrrole nitrogens is 1. The van der Waals surface area contributed by atoms with Crippen LogP contribution in [0, 0.1) is 0 Å². The Kier molecular flexibility index (Phi) is 3.39. The van der Waals surface area contributed by atoms with Crippen LogP contribution in [0.2, 0.25) is 0 Å². The summed E-state index contributed by atoms with van der Waals surface area (Å²) >= 11 is 1.34. The number of rotatable bonds is 1. The number of carbonyl (C=O) groups is 1. The molecule has 0 saturated heterocycles. The molecule has 0 fully saturated rings. The summed E-state index contributed by atoms with van der Waals surface area (Å²) in [6, 6.07) is 17.1. The topological polar surface area (TPSA) is 66.7 Å². The predicted molar refractivity (Wildman–Crippen MR) is 95.1 cm³/mol. The molecular formula is C18H13N3O2S. The molecule has 0 aliphatic heterocycles. The fraction of sp³-hybridized carbons (Fsp3) is 0.0556. The van der Waals surface area contributed by atoms with Crippen LogP contribution in [0.5, 0.6) is 0 Å². The van der Waals surface area contributed by atoms with Crippen molar-refractivity contribution in [2.75, 3.05) is 0 Å². The van der Waals surface area contributed by atoms with E-state index in [-0.39, 0.29) is 11.5 Å². The van der Waals surface area contributed by atoms with Gasteiger partial charge < -0.3 is 4.98 Å². The lowest BCUT2D eigenvalue weighted by Gasteiger charge is -2.03. The van der Waals surface area contributed by atoms with E-state index in [0.29, 0.717) is 15.8 Å². The fourth-order valence-corrected chi connectivity index (χ4v) is 3.93. The molecule has 0 aliphatic rings. The molecule has 0 bridgehead atoms. The number of thiazole rings is 1. The van der Waals surface area contributed by atoms with Crippen molar-refractivity contribution < 1.29 is 4.79 Å². The van der Waals surface area contributed by atoms with Crippen LogP contribution in [0.3, 0.4) is 0 Å². The number of aromatic nitrogens is 2. The van der Waals surface area contributed by atoms with E-state index in [9.17, 15) is 9.59 Å². The number of hydrogen-bond donors (Lipinski definition) is 1. The van der Waals surface area contributed by atoms with Gasteiger partial charge in [-0.1, -0.05) is 53.8 Å². The van der Waals surface area contributed by atoms with Crippen molar-refractivity contribution in [2.24, 2.45) is 4.99 Å². The van der Waals surface area contributed by atoms with Gasteiger partial charge in [-0.3, -0.25) is 14.0 Å². The second-order valence-corrected chi connectivity index (χ2v) is 6.34. The van der Waals surface area contributed by atoms with E-state index in [2.05, 4.69) is 9.98 Å². The van der Waals surface area contributed by atoms with Gasteiger partial charge in [0.2, 0.25) is 5.91 Å². The van der Waals surface area contributed by atoms with E-state index >= 15 is 0 Å². The van der Waals surface area contributed by atoms with Gasteiger partial charge in [0.1, 0.15) is 5.52 Å². The highest BCUT2D eigenvalue weighted by Crippen LogP contribution is 2.27. The molecule has 2 aromatic heterocycles. The first kappa shape index (κ1) is 14.6. The van der Waals surface area contributed by atoms with Gasteiger partial charge >= 0.3 is 0 Å². The fourth-order valence-electron chi connectivity index (χ4n) is 2.76. The zero-order valence-corrected chi connectivity index (χ0v) is 13.6. The summed E-state index contributed by atoms with van der Waals surface area (Å²) < 4.78 is 1.77. The lowest BCUT2D eigenvalue weighted by molar-refractivity contribution is -0.116. The smallest absolute Gasteiger partial charge is 0.274 e. The third kappa shape index (κ3) is 2.28. The molecular weight excluding hydrogens is 322 g/mol. The van der Waals surface area contributed by atoms with Gasteiger partial charge in [-0.15, -0.1) is 0 Å². The number of nitrogens with one attached hydrogen (secondary N) is 1. The maximum atomic E-state index is 12.7. The van der Waals surface area contributed by atoms with E-state index in [1.165, 1.54) is 18.3 Å². The van der Waals surface area contributed by atoms with Gasteiger partial charge in [0.15, 0.2) is 4.80 Å². The average molecular weight is 335 g/mol. The maximum absolute atomic E-state index is 12.7. The lowest BCUT2D eigenvalue weighted by atomic mass is 10.2. The van der Waals surface area contributed by atoms with Crippen LogP contribution >= 0.6 is 11.3 Å². The van der Waals surface area contributed by atoms with Gasteiger partial charge in [-0.25, -0.2) is 0 Å². The van der Waals surface area contributed by atoms with Crippen molar-refractivity contribution in [1.82, 2.24) is 9.38 Å². The Bertz CT molecular complexity index is 1200. The van der Waals surface area contributed by atoms with Gasteiger partial charge in [-0.05, 0) is 17.7 Å². The first-order chi connectivity index (χ1) is 11.6. The van der Waals surface area contributed by atoms with Gasteiger partial charge in [-0.2, -0.15) is 4.99 Å². The molecule has 0 atom stereocenters. The zero-order valence-electron chi connectivity index (χ0n) is 12.8. The molecule has 0 radical (unpaired) electrons. The SMILES string of the molecule is CC(=O)N=c1sc(-c2ccccc2)c2c(=O)[nH]c3ccccc3n12. The summed E-state index contributed by atoms with van der Waals surface area (Å²) in [6.45, 7) is 1.41. The maximum Gasteiger partial charge on any atom is 0.274 e. The van der Waals surface area contributed by atoms with Crippen molar-refractivity contribution in [1.29, 1.82) is 0 Å². The zero-order chi connectivity index (χ0) is 16.7. The molecule has 4 rings (SSSR count). The van der Waals surface area contributed by atoms with Crippen LogP contribution < -0.4 is 10.4 Å². The van der Waals surface area contributed by atoms with Crippen molar-refractivity contribution in [3.63, 3.8) is 0 Å². The van der Waals surface area contributed by atoms with Crippen LogP contribution in [-0.4, -0.2) is 15.3 Å². The first-order valence-corrected chi connectivity index (χ1v) is 8.24. The molecule has 0 saturated carbocycles. The number of para-hydroxylation sites is 2. The first-order valence-electron chi connectivity index (χ1n) is 7.42. The average Bonchev–Trinajstić information content (AvgIpc) is 2.95. The highest BCUT2D eigenvalue weighted by atomic mass is 32.1. The predicted octanol–water partition coefficient (Wildman–Crippen LogP) is 2.96. The normalized spacial score (nSPS) is 12.1. The molecule has 0 unspecified atom stereocenters. The molecule has 1 amide bonds. The van der Waals surface area contributed by atoms with Crippen LogP contribution in [0.15, 0.2) is 64.4 Å². The molecule has 0 aliphatic carbocycles. The van der Waals surface area contributed by atoms with E-state index in [1.54, 1.807) is 4.40 Å². The van der Waals surface area contributed by atoms with Crippen molar-refractivity contribution in [2.45, 2.75) is 6.92 Å². The molecule has 6 heteroatoms. The standard InChI is InChI=1S/C18H13N3O2S/c1-11(22)19-18-21-14-10-6-5-9-13(14)20-17(23)15(21)16(24-18)12-7-3-2-4-8-12/h2-10H,1H3,(H,20,23). The minimum atomic E-state index is -0.297. The van der Waals surface area contributed by atoms with Crippen molar-refractivity contribution in [3.05, 3.63) is 69.8 Å². The van der Waals surface area contributed by atoms with Gasteiger partial charge in [0.25, 0.3) is 5.56 Å². The van der Waals surface area contributed by atoms with Crippen LogP contribution in [0.4, 0.5) is 0 Å². The summed E-state index contributed by atoms with van der Waals surface area (Å²) in [5.41, 5.74) is 2.74. The van der Waals surface area contributed by atoms with Crippen LogP contribution in [-0.2, 0) is 4.79 Å². The summed E-state index contributed by atoms with van der Waals surface area (Å²) in [5, 5.41) is 0. The Hall–Kier alpha value is -2.99. The molecule has 5 nitrogen and oxygen atoms in total. The van der Waals surface area contributed by atoms with Crippen LogP contribution in [0.1, 0.15) is 6.92 Å². The van der Waals surface area contributed by atoms with Gasteiger partial charge in [0, 0.05) is 6.92 Å². The summed E-state index contributed by atoms with van der Waals surface area (Å²) in [6.07, 6.45) is 0. The number of amides is 1. The molecule has 4 aromatic rings. The van der Waals surface area contributed by atoms with Crippen molar-refractivity contribution >= 4 is 33.8 Å². The lowest BCUT2D eigenvalue weighted by Crippen LogP contribution is -2.17. The molecule has 24 heavy (non-hydrogen) atoms. The molecule has 0 spiro atoms.